The van der Waals surface area contributed by atoms with E-state index in [1.54, 1.807) is 6.07 Å². The molecular formula is C8H10BrNO. The molecule has 0 aromatic heterocycles. The normalized spacial score (nSPS) is 9.64. The molecule has 1 aromatic carbocycles. The van der Waals surface area contributed by atoms with Crippen molar-refractivity contribution in [3.63, 3.8) is 0 Å². The summed E-state index contributed by atoms with van der Waals surface area (Å²) in [7, 11) is 0. The maximum absolute atomic E-state index is 5.56. The van der Waals surface area contributed by atoms with Crippen molar-refractivity contribution < 1.29 is 4.74 Å². The van der Waals surface area contributed by atoms with E-state index in [1.165, 1.54) is 0 Å². The van der Waals surface area contributed by atoms with Crippen LogP contribution in [0.5, 0.6) is 5.75 Å². The second kappa shape index (κ2) is 3.62. The fourth-order valence-electron chi connectivity index (χ4n) is 0.786. The highest BCUT2D eigenvalue weighted by Gasteiger charge is 1.98. The van der Waals surface area contributed by atoms with E-state index in [0.717, 1.165) is 15.9 Å². The van der Waals surface area contributed by atoms with Crippen molar-refractivity contribution in [2.75, 3.05) is 12.3 Å². The summed E-state index contributed by atoms with van der Waals surface area (Å²) in [5.74, 6) is 0.799. The molecule has 11 heavy (non-hydrogen) atoms. The number of benzene rings is 1. The number of halogens is 1. The van der Waals surface area contributed by atoms with Crippen molar-refractivity contribution in [3.8, 4) is 5.75 Å². The van der Waals surface area contributed by atoms with Gasteiger partial charge in [-0.15, -0.1) is 0 Å². The molecule has 1 rings (SSSR count). The fraction of sp³-hybridized carbons (Fsp3) is 0.250. The van der Waals surface area contributed by atoms with Crippen LogP contribution in [0.1, 0.15) is 6.92 Å². The standard InChI is InChI=1S/C8H10BrNO/c1-2-11-8-5-6(10)3-4-7(8)9/h3-5H,2,10H2,1H3. The Balaban J connectivity index is 2.93. The van der Waals surface area contributed by atoms with Gasteiger partial charge in [-0.1, -0.05) is 0 Å². The van der Waals surface area contributed by atoms with Gasteiger partial charge in [0.1, 0.15) is 5.75 Å². The molecule has 0 unspecified atom stereocenters. The number of ether oxygens (including phenoxy) is 1. The number of nitrogen functional groups attached to an aromatic ring is 1. The molecule has 0 aliphatic heterocycles. The van der Waals surface area contributed by atoms with Crippen molar-refractivity contribution in [1.82, 2.24) is 0 Å². The minimum absolute atomic E-state index is 0.655. The predicted molar refractivity (Wildman–Crippen MR) is 49.7 cm³/mol. The summed E-state index contributed by atoms with van der Waals surface area (Å²) in [4.78, 5) is 0. The quantitative estimate of drug-likeness (QED) is 0.770. The zero-order valence-corrected chi connectivity index (χ0v) is 7.89. The Kier molecular flexibility index (Phi) is 2.76. The van der Waals surface area contributed by atoms with Gasteiger partial charge >= 0.3 is 0 Å². The van der Waals surface area contributed by atoms with Gasteiger partial charge in [0.05, 0.1) is 11.1 Å². The summed E-state index contributed by atoms with van der Waals surface area (Å²) < 4.78 is 6.23. The molecule has 0 spiro atoms. The summed E-state index contributed by atoms with van der Waals surface area (Å²) >= 11 is 3.35. The molecule has 0 saturated carbocycles. The molecular weight excluding hydrogens is 206 g/mol. The molecule has 0 aliphatic rings. The molecule has 0 fully saturated rings. The molecule has 0 aliphatic carbocycles. The van der Waals surface area contributed by atoms with E-state index in [1.807, 2.05) is 19.1 Å². The van der Waals surface area contributed by atoms with Crippen LogP contribution in [-0.4, -0.2) is 6.61 Å². The average Bonchev–Trinajstić information content (AvgIpc) is 1.98. The molecule has 0 heterocycles. The highest BCUT2D eigenvalue weighted by atomic mass is 79.9. The van der Waals surface area contributed by atoms with Gasteiger partial charge in [-0.3, -0.25) is 0 Å². The SMILES string of the molecule is CCOc1cc(N)ccc1Br. The first-order valence-corrected chi connectivity index (χ1v) is 4.21. The highest BCUT2D eigenvalue weighted by molar-refractivity contribution is 9.10. The predicted octanol–water partition coefficient (Wildman–Crippen LogP) is 2.43. The summed E-state index contributed by atoms with van der Waals surface area (Å²) in [5, 5.41) is 0. The molecule has 60 valence electrons. The Bertz CT molecular complexity index is 250. The van der Waals surface area contributed by atoms with Crippen LogP contribution < -0.4 is 10.5 Å². The van der Waals surface area contributed by atoms with Crippen LogP contribution in [0, 0.1) is 0 Å². The van der Waals surface area contributed by atoms with Crippen LogP contribution in [0.15, 0.2) is 22.7 Å². The van der Waals surface area contributed by atoms with Gasteiger partial charge in [-0.2, -0.15) is 0 Å². The lowest BCUT2D eigenvalue weighted by Crippen LogP contribution is -1.93. The first-order valence-electron chi connectivity index (χ1n) is 3.42. The molecule has 0 atom stereocenters. The molecule has 0 radical (unpaired) electrons. The smallest absolute Gasteiger partial charge is 0.135 e. The zero-order chi connectivity index (χ0) is 8.27. The minimum Gasteiger partial charge on any atom is -0.493 e. The first kappa shape index (κ1) is 8.40. The van der Waals surface area contributed by atoms with Crippen LogP contribution in [0.4, 0.5) is 5.69 Å². The van der Waals surface area contributed by atoms with Crippen molar-refractivity contribution in [3.05, 3.63) is 22.7 Å². The second-order valence-corrected chi connectivity index (χ2v) is 2.98. The lowest BCUT2D eigenvalue weighted by molar-refractivity contribution is 0.338. The van der Waals surface area contributed by atoms with E-state index in [0.29, 0.717) is 6.61 Å². The van der Waals surface area contributed by atoms with E-state index in [9.17, 15) is 0 Å². The monoisotopic (exact) mass is 215 g/mol. The number of hydrogen-bond donors (Lipinski definition) is 1. The summed E-state index contributed by atoms with van der Waals surface area (Å²) in [6.07, 6.45) is 0. The average molecular weight is 216 g/mol. The van der Waals surface area contributed by atoms with Crippen LogP contribution in [-0.2, 0) is 0 Å². The third kappa shape index (κ3) is 2.12. The Morgan fingerprint density at radius 1 is 1.55 bits per heavy atom. The number of hydrogen-bond acceptors (Lipinski definition) is 2. The molecule has 2 N–H and O–H groups in total. The molecule has 0 amide bonds. The zero-order valence-electron chi connectivity index (χ0n) is 6.30. The molecule has 3 heteroatoms. The Morgan fingerprint density at radius 2 is 2.27 bits per heavy atom. The van der Waals surface area contributed by atoms with E-state index in [2.05, 4.69) is 15.9 Å². The molecule has 0 bridgehead atoms. The van der Waals surface area contributed by atoms with Crippen molar-refractivity contribution in [2.45, 2.75) is 6.92 Å². The van der Waals surface area contributed by atoms with Crippen molar-refractivity contribution in [1.29, 1.82) is 0 Å². The van der Waals surface area contributed by atoms with Crippen molar-refractivity contribution >= 4 is 21.6 Å². The number of anilines is 1. The van der Waals surface area contributed by atoms with E-state index < -0.39 is 0 Å². The largest absolute Gasteiger partial charge is 0.493 e. The second-order valence-electron chi connectivity index (χ2n) is 2.12. The summed E-state index contributed by atoms with van der Waals surface area (Å²) in [6, 6.07) is 5.50. The van der Waals surface area contributed by atoms with Crippen LogP contribution in [0.25, 0.3) is 0 Å². The van der Waals surface area contributed by atoms with E-state index >= 15 is 0 Å². The Hall–Kier alpha value is -0.700. The molecule has 1 aromatic rings. The number of nitrogens with two attached hydrogens (primary N) is 1. The first-order chi connectivity index (χ1) is 5.24. The van der Waals surface area contributed by atoms with Crippen molar-refractivity contribution in [2.24, 2.45) is 0 Å². The van der Waals surface area contributed by atoms with Gasteiger partial charge < -0.3 is 10.5 Å². The topological polar surface area (TPSA) is 35.2 Å². The van der Waals surface area contributed by atoms with Gasteiger partial charge in [0.2, 0.25) is 0 Å². The third-order valence-corrected chi connectivity index (χ3v) is 1.91. The Morgan fingerprint density at radius 3 is 2.91 bits per heavy atom. The summed E-state index contributed by atoms with van der Waals surface area (Å²) in [6.45, 7) is 2.59. The third-order valence-electron chi connectivity index (χ3n) is 1.26. The maximum atomic E-state index is 5.56. The fourth-order valence-corrected chi connectivity index (χ4v) is 1.15. The molecule has 2 nitrogen and oxygen atoms in total. The lowest BCUT2D eigenvalue weighted by atomic mass is 10.3. The van der Waals surface area contributed by atoms with E-state index in [-0.39, 0.29) is 0 Å². The summed E-state index contributed by atoms with van der Waals surface area (Å²) in [5.41, 5.74) is 6.28. The maximum Gasteiger partial charge on any atom is 0.135 e. The van der Waals surface area contributed by atoms with Gasteiger partial charge in [-0.05, 0) is 35.0 Å². The van der Waals surface area contributed by atoms with Gasteiger partial charge in [0.15, 0.2) is 0 Å². The lowest BCUT2D eigenvalue weighted by Gasteiger charge is -2.05. The van der Waals surface area contributed by atoms with Crippen LogP contribution >= 0.6 is 15.9 Å². The number of rotatable bonds is 2. The highest BCUT2D eigenvalue weighted by Crippen LogP contribution is 2.26. The minimum atomic E-state index is 0.655. The van der Waals surface area contributed by atoms with Crippen LogP contribution in [0.2, 0.25) is 0 Å². The Labute approximate surface area is 74.5 Å². The van der Waals surface area contributed by atoms with E-state index in [4.69, 9.17) is 10.5 Å². The molecule has 0 saturated heterocycles. The van der Waals surface area contributed by atoms with Gasteiger partial charge in [-0.25, -0.2) is 0 Å². The van der Waals surface area contributed by atoms with Gasteiger partial charge in [0, 0.05) is 11.8 Å². The van der Waals surface area contributed by atoms with Crippen LogP contribution in [0.3, 0.4) is 0 Å². The van der Waals surface area contributed by atoms with Gasteiger partial charge in [0.25, 0.3) is 0 Å².